The summed E-state index contributed by atoms with van der Waals surface area (Å²) < 4.78 is 0.716. The van der Waals surface area contributed by atoms with Crippen LogP contribution < -0.4 is 4.90 Å². The lowest BCUT2D eigenvalue weighted by Gasteiger charge is -2.18. The van der Waals surface area contributed by atoms with E-state index in [1.165, 1.54) is 18.7 Å². The van der Waals surface area contributed by atoms with Gasteiger partial charge in [-0.3, -0.25) is 9.59 Å². The van der Waals surface area contributed by atoms with Gasteiger partial charge in [-0.05, 0) is 15.9 Å². The summed E-state index contributed by atoms with van der Waals surface area (Å²) in [5.41, 5.74) is 0.701. The topological polar surface area (TPSA) is 50.3 Å². The van der Waals surface area contributed by atoms with E-state index in [0.29, 0.717) is 28.3 Å². The van der Waals surface area contributed by atoms with Crippen molar-refractivity contribution in [1.29, 1.82) is 0 Å². The molecule has 1 atom stereocenters. The predicted octanol–water partition coefficient (Wildman–Crippen LogP) is 2.88. The second-order valence-corrected chi connectivity index (χ2v) is 6.62. The van der Waals surface area contributed by atoms with Crippen molar-refractivity contribution < 1.29 is 9.59 Å². The Bertz CT molecular complexity index is 512. The maximum atomic E-state index is 11.9. The van der Waals surface area contributed by atoms with Crippen LogP contribution in [0.15, 0.2) is 16.7 Å². The number of amides is 1. The first-order valence-electron chi connectivity index (χ1n) is 5.26. The van der Waals surface area contributed by atoms with Crippen LogP contribution in [0.4, 0.5) is 5.69 Å². The Kier molecular flexibility index (Phi) is 4.29. The number of anilines is 1. The average Bonchev–Trinajstić information content (AvgIpc) is 2.62. The number of carbonyl (C=O) groups excluding carboxylic acids is 2. The van der Waals surface area contributed by atoms with Crippen LogP contribution in [0.1, 0.15) is 13.3 Å². The van der Waals surface area contributed by atoms with Crippen LogP contribution in [0.2, 0.25) is 5.15 Å². The molecule has 0 saturated carbocycles. The Hall–Kier alpha value is -0.590. The van der Waals surface area contributed by atoms with Crippen molar-refractivity contribution in [2.24, 2.45) is 0 Å². The van der Waals surface area contributed by atoms with Gasteiger partial charge in [-0.2, -0.15) is 0 Å². The van der Waals surface area contributed by atoms with Crippen molar-refractivity contribution in [2.45, 2.75) is 18.6 Å². The highest BCUT2D eigenvalue weighted by atomic mass is 79.9. The molecule has 1 unspecified atom stereocenters. The van der Waals surface area contributed by atoms with E-state index in [1.807, 2.05) is 0 Å². The molecule has 0 aliphatic carbocycles. The number of hydrogen-bond acceptors (Lipinski definition) is 4. The van der Waals surface area contributed by atoms with Gasteiger partial charge in [-0.1, -0.05) is 23.4 Å². The lowest BCUT2D eigenvalue weighted by Crippen LogP contribution is -2.25. The van der Waals surface area contributed by atoms with Crippen LogP contribution in [0, 0.1) is 0 Å². The Morgan fingerprint density at radius 3 is 3.06 bits per heavy atom. The van der Waals surface area contributed by atoms with Crippen molar-refractivity contribution in [3.05, 3.63) is 21.9 Å². The number of thioether (sulfide) groups is 1. The standard InChI is InChI=1S/C11H10BrClN2O2S/c1-6(16)18-7-2-11(17)15(5-7)9-3-10(13)14-4-8(9)12/h3-4,7H,2,5H2,1H3. The van der Waals surface area contributed by atoms with Gasteiger partial charge in [0.25, 0.3) is 0 Å². The third-order valence-electron chi connectivity index (χ3n) is 2.51. The molecule has 1 amide bonds. The maximum Gasteiger partial charge on any atom is 0.228 e. The normalized spacial score (nSPS) is 19.4. The minimum absolute atomic E-state index is 0.00304. The summed E-state index contributed by atoms with van der Waals surface area (Å²) in [4.78, 5) is 28.6. The molecule has 1 aromatic rings. The number of pyridine rings is 1. The largest absolute Gasteiger partial charge is 0.310 e. The number of carbonyl (C=O) groups is 2. The number of rotatable bonds is 2. The smallest absolute Gasteiger partial charge is 0.228 e. The Labute approximate surface area is 122 Å². The summed E-state index contributed by atoms with van der Waals surface area (Å²) in [5.74, 6) is -0.00304. The minimum Gasteiger partial charge on any atom is -0.310 e. The van der Waals surface area contributed by atoms with Crippen molar-refractivity contribution in [1.82, 2.24) is 4.98 Å². The van der Waals surface area contributed by atoms with E-state index >= 15 is 0 Å². The predicted molar refractivity (Wildman–Crippen MR) is 76.0 cm³/mol. The molecule has 0 radical (unpaired) electrons. The van der Waals surface area contributed by atoms with Crippen molar-refractivity contribution in [2.75, 3.05) is 11.4 Å². The van der Waals surface area contributed by atoms with E-state index in [9.17, 15) is 9.59 Å². The molecule has 0 aromatic carbocycles. The zero-order chi connectivity index (χ0) is 13.3. The van der Waals surface area contributed by atoms with Gasteiger partial charge in [-0.25, -0.2) is 4.98 Å². The highest BCUT2D eigenvalue weighted by Gasteiger charge is 2.32. The average molecular weight is 350 g/mol. The van der Waals surface area contributed by atoms with E-state index in [-0.39, 0.29) is 16.3 Å². The first kappa shape index (κ1) is 13.8. The number of nitrogens with zero attached hydrogens (tertiary/aromatic N) is 2. The third kappa shape index (κ3) is 3.05. The molecule has 1 aliphatic rings. The van der Waals surface area contributed by atoms with Gasteiger partial charge in [0, 0.05) is 37.4 Å². The molecule has 1 saturated heterocycles. The SMILES string of the molecule is CC(=O)SC1CC(=O)N(c2cc(Cl)ncc2Br)C1. The van der Waals surface area contributed by atoms with E-state index in [1.54, 1.807) is 17.2 Å². The molecule has 96 valence electrons. The number of halogens is 2. The second-order valence-electron chi connectivity index (χ2n) is 3.90. The number of hydrogen-bond donors (Lipinski definition) is 0. The molecular weight excluding hydrogens is 340 g/mol. The Morgan fingerprint density at radius 2 is 2.39 bits per heavy atom. The minimum atomic E-state index is -0.00304. The lowest BCUT2D eigenvalue weighted by atomic mass is 10.3. The molecule has 0 spiro atoms. The fourth-order valence-electron chi connectivity index (χ4n) is 1.83. The maximum absolute atomic E-state index is 11.9. The summed E-state index contributed by atoms with van der Waals surface area (Å²) in [6.45, 7) is 2.03. The molecule has 0 N–H and O–H groups in total. The Balaban J connectivity index is 2.21. The van der Waals surface area contributed by atoms with E-state index < -0.39 is 0 Å². The summed E-state index contributed by atoms with van der Waals surface area (Å²) in [7, 11) is 0. The van der Waals surface area contributed by atoms with Gasteiger partial charge >= 0.3 is 0 Å². The summed E-state index contributed by atoms with van der Waals surface area (Å²) in [6.07, 6.45) is 1.94. The van der Waals surface area contributed by atoms with Gasteiger partial charge in [0.15, 0.2) is 5.12 Å². The van der Waals surface area contributed by atoms with Crippen LogP contribution >= 0.6 is 39.3 Å². The van der Waals surface area contributed by atoms with Crippen LogP contribution in [0.25, 0.3) is 0 Å². The molecule has 4 nitrogen and oxygen atoms in total. The molecular formula is C11H10BrClN2O2S. The Morgan fingerprint density at radius 1 is 1.67 bits per heavy atom. The summed E-state index contributed by atoms with van der Waals surface area (Å²) in [5, 5.41) is 0.374. The van der Waals surface area contributed by atoms with Gasteiger partial charge < -0.3 is 4.90 Å². The summed E-state index contributed by atoms with van der Waals surface area (Å²) >= 11 is 10.4. The van der Waals surface area contributed by atoms with Gasteiger partial charge in [0.05, 0.1) is 10.2 Å². The molecule has 1 aromatic heterocycles. The molecule has 1 fully saturated rings. The molecule has 2 rings (SSSR count). The van der Waals surface area contributed by atoms with Crippen molar-refractivity contribution in [3.63, 3.8) is 0 Å². The highest BCUT2D eigenvalue weighted by molar-refractivity contribution is 9.10. The fraction of sp³-hybridized carbons (Fsp3) is 0.364. The monoisotopic (exact) mass is 348 g/mol. The molecule has 0 bridgehead atoms. The highest BCUT2D eigenvalue weighted by Crippen LogP contribution is 2.33. The van der Waals surface area contributed by atoms with Gasteiger partial charge in [-0.15, -0.1) is 0 Å². The third-order valence-corrected chi connectivity index (χ3v) is 4.31. The van der Waals surface area contributed by atoms with Crippen molar-refractivity contribution >= 4 is 56.0 Å². The van der Waals surface area contributed by atoms with Crippen LogP contribution in [-0.4, -0.2) is 27.8 Å². The number of aromatic nitrogens is 1. The summed E-state index contributed by atoms with van der Waals surface area (Å²) in [6, 6.07) is 1.64. The quantitative estimate of drug-likeness (QED) is 0.770. The first-order chi connectivity index (χ1) is 8.47. The van der Waals surface area contributed by atoms with Crippen LogP contribution in [0.5, 0.6) is 0 Å². The zero-order valence-electron chi connectivity index (χ0n) is 9.52. The van der Waals surface area contributed by atoms with E-state index in [2.05, 4.69) is 20.9 Å². The van der Waals surface area contributed by atoms with Gasteiger partial charge in [0.1, 0.15) is 5.15 Å². The first-order valence-corrected chi connectivity index (χ1v) is 7.31. The van der Waals surface area contributed by atoms with Crippen molar-refractivity contribution in [3.8, 4) is 0 Å². The van der Waals surface area contributed by atoms with Crippen LogP contribution in [-0.2, 0) is 9.59 Å². The zero-order valence-corrected chi connectivity index (χ0v) is 12.7. The molecule has 7 heteroatoms. The van der Waals surface area contributed by atoms with E-state index in [4.69, 9.17) is 11.6 Å². The molecule has 1 aliphatic heterocycles. The van der Waals surface area contributed by atoms with Crippen LogP contribution in [0.3, 0.4) is 0 Å². The molecule has 18 heavy (non-hydrogen) atoms. The van der Waals surface area contributed by atoms with Gasteiger partial charge in [0.2, 0.25) is 5.91 Å². The molecule has 2 heterocycles. The fourth-order valence-corrected chi connectivity index (χ4v) is 3.33. The lowest BCUT2D eigenvalue weighted by molar-refractivity contribution is -0.117. The van der Waals surface area contributed by atoms with E-state index in [0.717, 1.165) is 0 Å². The second kappa shape index (κ2) is 5.59.